The normalized spacial score (nSPS) is 22.0. The van der Waals surface area contributed by atoms with Gasteiger partial charge >= 0.3 is 0 Å². The average Bonchev–Trinajstić information content (AvgIpc) is 3.16. The number of piperazine rings is 1. The van der Waals surface area contributed by atoms with E-state index in [1.165, 1.54) is 48.8 Å². The van der Waals surface area contributed by atoms with Gasteiger partial charge in [0.05, 0.1) is 0 Å². The molecular weight excluding hydrogens is 254 g/mol. The number of thiophene rings is 1. The minimum atomic E-state index is 0.809. The molecule has 2 aliphatic rings. The van der Waals surface area contributed by atoms with E-state index in [1.54, 1.807) is 5.56 Å². The van der Waals surface area contributed by atoms with Crippen molar-refractivity contribution in [1.29, 1.82) is 0 Å². The van der Waals surface area contributed by atoms with Gasteiger partial charge in [-0.1, -0.05) is 0 Å². The minimum Gasteiger partial charge on any atom is -0.309 e. The zero-order chi connectivity index (χ0) is 13.2. The highest BCUT2D eigenvalue weighted by Crippen LogP contribution is 2.25. The molecule has 0 amide bonds. The van der Waals surface area contributed by atoms with E-state index in [4.69, 9.17) is 0 Å². The van der Waals surface area contributed by atoms with Gasteiger partial charge in [0.2, 0.25) is 0 Å². The topological polar surface area (TPSA) is 18.5 Å². The molecule has 3 rings (SSSR count). The van der Waals surface area contributed by atoms with Gasteiger partial charge in [-0.05, 0) is 38.4 Å². The maximum absolute atomic E-state index is 3.61. The number of likely N-dealkylation sites (N-methyl/N-ethyl adjacent to an activating group) is 1. The molecule has 1 N–H and O–H groups in total. The van der Waals surface area contributed by atoms with E-state index in [9.17, 15) is 0 Å². The van der Waals surface area contributed by atoms with Gasteiger partial charge in [0, 0.05) is 55.1 Å². The molecule has 0 spiro atoms. The van der Waals surface area contributed by atoms with Crippen molar-refractivity contribution in [3.8, 4) is 0 Å². The fourth-order valence-corrected chi connectivity index (χ4v) is 3.62. The van der Waals surface area contributed by atoms with Crippen LogP contribution in [0.15, 0.2) is 6.07 Å². The Balaban J connectivity index is 1.54. The molecule has 1 saturated heterocycles. The first-order chi connectivity index (χ1) is 9.20. The molecule has 0 unspecified atom stereocenters. The Morgan fingerprint density at radius 2 is 2.00 bits per heavy atom. The smallest absolute Gasteiger partial charge is 0.0302 e. The van der Waals surface area contributed by atoms with Crippen molar-refractivity contribution in [2.75, 3.05) is 33.2 Å². The highest BCUT2D eigenvalue weighted by molar-refractivity contribution is 7.12. The molecule has 0 atom stereocenters. The van der Waals surface area contributed by atoms with Crippen LogP contribution >= 0.6 is 11.3 Å². The zero-order valence-corrected chi connectivity index (χ0v) is 12.9. The first kappa shape index (κ1) is 13.6. The number of nitrogens with one attached hydrogen (secondary N) is 1. The van der Waals surface area contributed by atoms with E-state index in [-0.39, 0.29) is 0 Å². The van der Waals surface area contributed by atoms with E-state index < -0.39 is 0 Å². The molecule has 1 aromatic rings. The van der Waals surface area contributed by atoms with Crippen LogP contribution in [0.4, 0.5) is 0 Å². The minimum absolute atomic E-state index is 0.809. The molecule has 1 aliphatic heterocycles. The second-order valence-electron chi connectivity index (χ2n) is 6.03. The van der Waals surface area contributed by atoms with Crippen molar-refractivity contribution in [2.24, 2.45) is 0 Å². The molecule has 0 bridgehead atoms. The third kappa shape index (κ3) is 3.78. The first-order valence-corrected chi connectivity index (χ1v) is 8.25. The molecular formula is C15H25N3S. The number of nitrogens with zero attached hydrogens (tertiary/aromatic N) is 2. The van der Waals surface area contributed by atoms with E-state index >= 15 is 0 Å². The molecule has 2 heterocycles. The van der Waals surface area contributed by atoms with Crippen molar-refractivity contribution in [3.63, 3.8) is 0 Å². The molecule has 3 nitrogen and oxygen atoms in total. The van der Waals surface area contributed by atoms with Crippen LogP contribution in [0.1, 0.15) is 28.2 Å². The SMILES string of the molecule is Cc1sc(CNC2CC2)cc1CN1CCN(C)CC1. The van der Waals surface area contributed by atoms with Crippen LogP contribution in [0.2, 0.25) is 0 Å². The summed E-state index contributed by atoms with van der Waals surface area (Å²) >= 11 is 1.97. The highest BCUT2D eigenvalue weighted by Gasteiger charge is 2.21. The summed E-state index contributed by atoms with van der Waals surface area (Å²) in [5, 5.41) is 3.61. The Bertz CT molecular complexity index is 417. The molecule has 1 aliphatic carbocycles. The van der Waals surface area contributed by atoms with Gasteiger partial charge in [-0.2, -0.15) is 0 Å². The molecule has 106 valence electrons. The van der Waals surface area contributed by atoms with Crippen molar-refractivity contribution >= 4 is 11.3 Å². The van der Waals surface area contributed by atoms with Gasteiger partial charge in [0.1, 0.15) is 0 Å². The molecule has 2 fully saturated rings. The van der Waals surface area contributed by atoms with Crippen LogP contribution in [0.5, 0.6) is 0 Å². The number of rotatable bonds is 5. The van der Waals surface area contributed by atoms with E-state index in [0.29, 0.717) is 0 Å². The quantitative estimate of drug-likeness (QED) is 0.890. The summed E-state index contributed by atoms with van der Waals surface area (Å²) in [6, 6.07) is 3.23. The number of aryl methyl sites for hydroxylation is 1. The van der Waals surface area contributed by atoms with Crippen LogP contribution < -0.4 is 5.32 Å². The van der Waals surface area contributed by atoms with E-state index in [0.717, 1.165) is 19.1 Å². The lowest BCUT2D eigenvalue weighted by atomic mass is 10.2. The van der Waals surface area contributed by atoms with Crippen molar-refractivity contribution < 1.29 is 0 Å². The largest absolute Gasteiger partial charge is 0.309 e. The second kappa shape index (κ2) is 5.92. The monoisotopic (exact) mass is 279 g/mol. The van der Waals surface area contributed by atoms with Crippen LogP contribution in [-0.4, -0.2) is 49.1 Å². The summed E-state index contributed by atoms with van der Waals surface area (Å²) < 4.78 is 0. The summed E-state index contributed by atoms with van der Waals surface area (Å²) in [6.07, 6.45) is 2.75. The van der Waals surface area contributed by atoms with E-state index in [2.05, 4.69) is 35.2 Å². The first-order valence-electron chi connectivity index (χ1n) is 7.43. The standard InChI is InChI=1S/C15H25N3S/c1-12-13(11-18-7-5-17(2)6-8-18)9-15(19-12)10-16-14-3-4-14/h9,14,16H,3-8,10-11H2,1-2H3. The predicted molar refractivity (Wildman–Crippen MR) is 81.7 cm³/mol. The lowest BCUT2D eigenvalue weighted by molar-refractivity contribution is 0.148. The Kier molecular flexibility index (Phi) is 4.22. The van der Waals surface area contributed by atoms with Gasteiger partial charge in [-0.15, -0.1) is 11.3 Å². The van der Waals surface area contributed by atoms with Crippen molar-refractivity contribution in [2.45, 2.75) is 38.9 Å². The van der Waals surface area contributed by atoms with Gasteiger partial charge in [-0.3, -0.25) is 4.90 Å². The fourth-order valence-electron chi connectivity index (χ4n) is 2.61. The summed E-state index contributed by atoms with van der Waals surface area (Å²) in [7, 11) is 2.22. The lowest BCUT2D eigenvalue weighted by Gasteiger charge is -2.32. The van der Waals surface area contributed by atoms with Crippen LogP contribution in [0.3, 0.4) is 0 Å². The van der Waals surface area contributed by atoms with Gasteiger partial charge < -0.3 is 10.2 Å². The van der Waals surface area contributed by atoms with Gasteiger partial charge in [0.15, 0.2) is 0 Å². The number of hydrogen-bond acceptors (Lipinski definition) is 4. The molecule has 0 radical (unpaired) electrons. The van der Waals surface area contributed by atoms with Gasteiger partial charge in [0.25, 0.3) is 0 Å². The third-order valence-corrected chi connectivity index (χ3v) is 5.30. The van der Waals surface area contributed by atoms with Crippen molar-refractivity contribution in [3.05, 3.63) is 21.4 Å². The Morgan fingerprint density at radius 3 is 2.68 bits per heavy atom. The highest BCUT2D eigenvalue weighted by atomic mass is 32.1. The predicted octanol–water partition coefficient (Wildman–Crippen LogP) is 2.06. The maximum Gasteiger partial charge on any atom is 0.0302 e. The Hall–Kier alpha value is -0.420. The van der Waals surface area contributed by atoms with Crippen LogP contribution in [0.25, 0.3) is 0 Å². The summed E-state index contributed by atoms with van der Waals surface area (Å²) in [5.74, 6) is 0. The maximum atomic E-state index is 3.61. The zero-order valence-electron chi connectivity index (χ0n) is 12.1. The Labute approximate surface area is 120 Å². The molecule has 1 aromatic heterocycles. The Morgan fingerprint density at radius 1 is 1.26 bits per heavy atom. The van der Waals surface area contributed by atoms with Crippen LogP contribution in [0, 0.1) is 6.92 Å². The summed E-state index contributed by atoms with van der Waals surface area (Å²) in [5.41, 5.74) is 1.54. The van der Waals surface area contributed by atoms with Crippen LogP contribution in [-0.2, 0) is 13.1 Å². The van der Waals surface area contributed by atoms with E-state index in [1.807, 2.05) is 11.3 Å². The summed E-state index contributed by atoms with van der Waals surface area (Å²) in [6.45, 7) is 9.32. The summed E-state index contributed by atoms with van der Waals surface area (Å²) in [4.78, 5) is 8.02. The molecule has 1 saturated carbocycles. The lowest BCUT2D eigenvalue weighted by Crippen LogP contribution is -2.43. The molecule has 0 aromatic carbocycles. The average molecular weight is 279 g/mol. The molecule has 19 heavy (non-hydrogen) atoms. The van der Waals surface area contributed by atoms with Gasteiger partial charge in [-0.25, -0.2) is 0 Å². The number of hydrogen-bond donors (Lipinski definition) is 1. The fraction of sp³-hybridized carbons (Fsp3) is 0.733. The third-order valence-electron chi connectivity index (χ3n) is 4.20. The second-order valence-corrected chi connectivity index (χ2v) is 7.37. The molecule has 4 heteroatoms. The van der Waals surface area contributed by atoms with Crippen molar-refractivity contribution in [1.82, 2.24) is 15.1 Å².